The van der Waals surface area contributed by atoms with Crippen molar-refractivity contribution < 1.29 is 37.2 Å². The average molecular weight is 2010 g/mol. The molecule has 7 N–H and O–H groups in total. The lowest BCUT2D eigenvalue weighted by molar-refractivity contribution is -0.127. The third kappa shape index (κ3) is 15.8. The molecule has 0 radical (unpaired) electrons. The molecule has 18 aromatic rings. The fourth-order valence-corrected chi connectivity index (χ4v) is 22.4. The van der Waals surface area contributed by atoms with E-state index >= 15 is 0 Å². The number of alkyl halides is 2. The fourth-order valence-electron chi connectivity index (χ4n) is 22.4. The maximum absolute atomic E-state index is 14.0. The number of H-pyrrole nitrogens is 1. The first-order chi connectivity index (χ1) is 71.1. The largest absolute Gasteiger partial charge is 0.380 e. The van der Waals surface area contributed by atoms with Gasteiger partial charge < -0.3 is 88.1 Å². The molecule has 2 saturated carbocycles. The van der Waals surface area contributed by atoms with Gasteiger partial charge in [0.2, 0.25) is 17.8 Å². The van der Waals surface area contributed by atoms with E-state index in [1.54, 1.807) is 82.1 Å². The zero-order valence-electron chi connectivity index (χ0n) is 83.9. The highest BCUT2D eigenvalue weighted by Gasteiger charge is 2.53. The van der Waals surface area contributed by atoms with Crippen molar-refractivity contribution in [2.45, 2.75) is 187 Å². The predicted molar refractivity (Wildman–Crippen MR) is 539 cm³/mol. The van der Waals surface area contributed by atoms with Crippen molar-refractivity contribution in [3.63, 3.8) is 0 Å². The molecule has 0 amide bonds. The summed E-state index contributed by atoms with van der Waals surface area (Å²) >= 11 is 0. The Kier molecular flexibility index (Phi) is 21.2. The molecule has 0 aromatic carbocycles. The van der Waals surface area contributed by atoms with E-state index in [2.05, 4.69) is 132 Å². The van der Waals surface area contributed by atoms with Crippen LogP contribution in [-0.2, 0) is 96.2 Å². The number of halogens is 2. The number of fused-ring (bicyclic) bond motifs is 18. The molecule has 0 atom stereocenters. The van der Waals surface area contributed by atoms with Gasteiger partial charge in [0, 0.05) is 187 Å². The third-order valence-electron chi connectivity index (χ3n) is 30.4. The van der Waals surface area contributed by atoms with Gasteiger partial charge in [-0.15, -0.1) is 0 Å². The molecule has 2 spiro atoms. The van der Waals surface area contributed by atoms with Crippen LogP contribution in [0.25, 0.3) is 141 Å². The van der Waals surface area contributed by atoms with Gasteiger partial charge in [0.15, 0.2) is 114 Å². The minimum absolute atomic E-state index is 0.205. The van der Waals surface area contributed by atoms with Gasteiger partial charge in [0.05, 0.1) is 92.9 Å². The van der Waals surface area contributed by atoms with Gasteiger partial charge in [-0.05, 0) is 114 Å². The number of ether oxygens (including phenoxy) is 6. The van der Waals surface area contributed by atoms with Gasteiger partial charge in [-0.25, -0.2) is 128 Å². The van der Waals surface area contributed by atoms with Gasteiger partial charge in [0.25, 0.3) is 5.92 Å². The summed E-state index contributed by atoms with van der Waals surface area (Å²) in [5.41, 5.74) is 30.6. The molecule has 18 aromatic heterocycles. The van der Waals surface area contributed by atoms with Crippen molar-refractivity contribution in [1.29, 1.82) is 0 Å². The summed E-state index contributed by atoms with van der Waals surface area (Å²) in [4.78, 5) is 115. The summed E-state index contributed by atoms with van der Waals surface area (Å²) in [5.74, 6) is 8.84. The number of aryl methyl sites for hydroxylation is 2. The molecule has 13 aliphatic rings. The van der Waals surface area contributed by atoms with Gasteiger partial charge >= 0.3 is 0 Å². The van der Waals surface area contributed by atoms with Crippen LogP contribution in [0.15, 0.2) is 86.5 Å². The molecule has 31 rings (SSSR count). The Balaban J connectivity index is 0.0000000937. The van der Waals surface area contributed by atoms with Gasteiger partial charge in [-0.3, -0.25) is 9.78 Å². The minimum atomic E-state index is -2.76. The number of anilines is 7. The molecular formula is C99H109F2N41O6. The molecule has 8 fully saturated rings. The summed E-state index contributed by atoms with van der Waals surface area (Å²) in [6.07, 6.45) is 26.8. The Bertz CT molecular complexity index is 8160. The monoisotopic (exact) mass is 2010 g/mol. The molecule has 29 heterocycles. The highest BCUT2D eigenvalue weighted by atomic mass is 19.3. The third-order valence-corrected chi connectivity index (χ3v) is 30.4. The quantitative estimate of drug-likeness (QED) is 0.0988. The minimum Gasteiger partial charge on any atom is -0.380 e. The molecule has 148 heavy (non-hydrogen) atoms. The predicted octanol–water partition coefficient (Wildman–Crippen LogP) is 10.2. The lowest BCUT2D eigenvalue weighted by Gasteiger charge is -2.56. The summed E-state index contributed by atoms with van der Waals surface area (Å²) in [6.45, 7) is 35.1. The number of imidazole rings is 5. The molecule has 2 bridgehead atoms. The first-order valence-electron chi connectivity index (χ1n) is 50.0. The van der Waals surface area contributed by atoms with Crippen molar-refractivity contribution in [3.8, 4) is 68.2 Å². The topological polar surface area (TPSA) is 531 Å². The van der Waals surface area contributed by atoms with Crippen LogP contribution < -0.4 is 36.8 Å². The number of aromatic nitrogens is 34. The van der Waals surface area contributed by atoms with Gasteiger partial charge in [-0.1, -0.05) is 6.42 Å². The summed E-state index contributed by atoms with van der Waals surface area (Å²) < 4.78 is 77.3. The Morgan fingerprint density at radius 3 is 1.22 bits per heavy atom. The Labute approximate surface area is 843 Å². The number of nitrogens with one attached hydrogen (secondary N) is 1. The lowest BCUT2D eigenvalue weighted by Crippen LogP contribution is -2.66. The number of pyridine rings is 1. The molecule has 47 nitrogen and oxygen atoms in total. The average Bonchev–Trinajstić information content (AvgIpc) is 1.25. The number of hydrogen-bond acceptors (Lipinski definition) is 39. The summed E-state index contributed by atoms with van der Waals surface area (Å²) in [7, 11) is 1.87. The molecular weight excluding hydrogens is 1900 g/mol. The number of nitrogen functional groups attached to an aromatic ring is 3. The van der Waals surface area contributed by atoms with Crippen molar-refractivity contribution in [3.05, 3.63) is 121 Å². The standard InChI is InChI=1S/C22H24N8O.C20H20F2N8O.C20H24N8O.C19H22N8O2.C18H19N9O/c1-11-15-8-13(9-23-18(15)28-27-11)17-25-19-16(20(26-17)30-10-12-6-14(30)7-12)24-21-22(2,3)31-5-4-29(19)21;1-19(2)18-25-14-16(28-6-4-20(21,22)11-28)26-15(27-17(14)29(18)7-8-31-19)12-9-23-13-3-5-24-30(13)10-12;1-19(2)17-24-13-15(27-10-20(11-27)4-3-5-20)25-14(12-8-22-18(21)23-9-12)26-16(13)28(17)6-7-29-19;1-18(2)16-23-12-14(26-7-19(8-26)9-28-10-19)24-13(11-5-21-17(20)22-6-11)25-15(12)27(16)3-4-29-18;1-18(2)16-24-13-12(11-8-22-26(3)9-11)23-14(10-6-20-17(19)21-7-10)25-15(13)27(16)4-5-28-18/h8-9,12,14H,4-7,10H2,1-3H3,(H,23,27,28);3,5,9-10H,4,6-8,11H2,1-2H3;8-9H,3-7,10-11H2,1-2H3,(H2,21,22,23);5-6H,3-4,7-10H2,1-2H3,(H2,20,21,22);6-9H,4-5H2,1-3H3,(H2,19,20,21). The van der Waals surface area contributed by atoms with E-state index in [0.29, 0.717) is 144 Å². The molecule has 11 aliphatic heterocycles. The van der Waals surface area contributed by atoms with Crippen LogP contribution in [0.1, 0.15) is 143 Å². The van der Waals surface area contributed by atoms with Crippen LogP contribution in [0.4, 0.5) is 49.9 Å². The summed E-state index contributed by atoms with van der Waals surface area (Å²) in [6, 6.07) is 4.44. The second kappa shape index (κ2) is 33.9. The molecule has 760 valence electrons. The van der Waals surface area contributed by atoms with E-state index in [-0.39, 0.29) is 36.2 Å². The first kappa shape index (κ1) is 92.5. The number of nitrogens with zero attached hydrogens (tertiary/aromatic N) is 37. The Morgan fingerprint density at radius 1 is 0.399 bits per heavy atom. The molecule has 0 unspecified atom stereocenters. The highest BCUT2D eigenvalue weighted by molar-refractivity contribution is 5.93. The molecule has 2 aliphatic carbocycles. The first-order valence-corrected chi connectivity index (χ1v) is 50.0. The smallest absolute Gasteiger partial charge is 0.266 e. The maximum Gasteiger partial charge on any atom is 0.266 e. The zero-order chi connectivity index (χ0) is 101. The van der Waals surface area contributed by atoms with E-state index < -0.39 is 40.5 Å². The van der Waals surface area contributed by atoms with Crippen LogP contribution >= 0.6 is 0 Å². The van der Waals surface area contributed by atoms with Crippen molar-refractivity contribution in [2.24, 2.45) is 23.8 Å². The molecule has 6 saturated heterocycles. The molecule has 49 heteroatoms. The van der Waals surface area contributed by atoms with Gasteiger partial charge in [0.1, 0.15) is 68.3 Å². The number of aromatic amines is 1. The van der Waals surface area contributed by atoms with Crippen LogP contribution in [0.2, 0.25) is 0 Å². The maximum atomic E-state index is 14.0. The van der Waals surface area contributed by atoms with E-state index in [1.165, 1.54) is 32.1 Å². The number of rotatable bonds is 10. The SMILES string of the molecule is CC1(C)OCCn2c1nc1c(N3CC4(CCC4)C3)nc(-c3cnc(N)nc3)nc12.CC1(C)OCCn2c1nc1c(N3CC4(COC4)C3)nc(-c3cnc(N)nc3)nc12.CC1(C)OCCn2c1nc1c(N3CCC(F)(F)C3)nc(-c3cnc4ccnn4c3)nc12.Cc1[nH]nc2ncc(-c3nc(N4CC5CC4C5)c4nc5n(c4n3)CCOC5(C)C)cc12.Cn1cc(-c2nc(-c3cnc(N)nc3)nc3c2nc2n3CCOC2(C)C)cn1. The fraction of sp³-hybridized carbons (Fsp3) is 0.475. The zero-order valence-corrected chi connectivity index (χ0v) is 83.9. The van der Waals surface area contributed by atoms with Crippen molar-refractivity contribution >= 4 is 114 Å². The lowest BCUT2D eigenvalue weighted by atomic mass is 9.63. The van der Waals surface area contributed by atoms with Crippen LogP contribution in [-0.4, -0.2) is 271 Å². The second-order valence-electron chi connectivity index (χ2n) is 43.0. The van der Waals surface area contributed by atoms with Crippen LogP contribution in [0.5, 0.6) is 0 Å². The van der Waals surface area contributed by atoms with Crippen molar-refractivity contribution in [2.75, 3.05) is 129 Å². The number of hydrogen-bond donors (Lipinski definition) is 4. The van der Waals surface area contributed by atoms with E-state index in [9.17, 15) is 8.78 Å². The normalized spacial score (nSPS) is 20.7. The second-order valence-corrected chi connectivity index (χ2v) is 43.0. The van der Waals surface area contributed by atoms with E-state index in [0.717, 1.165) is 184 Å². The number of nitrogens with two attached hydrogens (primary N) is 3. The van der Waals surface area contributed by atoms with Crippen LogP contribution in [0, 0.1) is 23.7 Å². The Morgan fingerprint density at radius 2 is 0.804 bits per heavy atom. The van der Waals surface area contributed by atoms with E-state index in [4.69, 9.17) is 115 Å². The van der Waals surface area contributed by atoms with Crippen LogP contribution in [0.3, 0.4) is 0 Å². The highest BCUT2D eigenvalue weighted by Crippen LogP contribution is 2.53. The van der Waals surface area contributed by atoms with Gasteiger partial charge in [-0.2, -0.15) is 15.3 Å². The Hall–Kier alpha value is -15.3. The van der Waals surface area contributed by atoms with E-state index in [1.807, 2.05) is 72.5 Å². The summed E-state index contributed by atoms with van der Waals surface area (Å²) in [5, 5.41) is 16.8. The van der Waals surface area contributed by atoms with Crippen molar-refractivity contribution in [1.82, 2.24) is 167 Å².